The molecule has 2 heterocycles. The van der Waals surface area contributed by atoms with Gasteiger partial charge < -0.3 is 4.90 Å². The fourth-order valence-electron chi connectivity index (χ4n) is 2.25. The Morgan fingerprint density at radius 3 is 2.79 bits per heavy atom. The third-order valence-electron chi connectivity index (χ3n) is 3.15. The summed E-state index contributed by atoms with van der Waals surface area (Å²) >= 11 is 3.74. The smallest absolute Gasteiger partial charge is 0.190 e. The molecule has 19 heavy (non-hydrogen) atoms. The molecule has 1 aromatic heterocycles. The Bertz CT molecular complexity index is 568. The number of anilines is 1. The Kier molecular flexibility index (Phi) is 4.13. The number of rotatable bonds is 3. The highest BCUT2D eigenvalue weighted by atomic mass is 32.2. The van der Waals surface area contributed by atoms with Gasteiger partial charge in [-0.1, -0.05) is 30.8 Å². The van der Waals surface area contributed by atoms with Crippen molar-refractivity contribution in [3.63, 3.8) is 0 Å². The third-order valence-corrected chi connectivity index (χ3v) is 4.82. The van der Waals surface area contributed by atoms with Crippen LogP contribution < -0.4 is 4.90 Å². The molecule has 0 aliphatic carbocycles. The molecule has 5 heteroatoms. The van der Waals surface area contributed by atoms with E-state index in [0.717, 1.165) is 35.3 Å². The normalized spacial score (nSPS) is 15.9. The second kappa shape index (κ2) is 6.01. The van der Waals surface area contributed by atoms with Crippen LogP contribution in [0.25, 0.3) is 10.9 Å². The SMILES string of the molecule is CCSc1nc(N2CCSCC2)c2ccccc2n1. The van der Waals surface area contributed by atoms with Gasteiger partial charge in [0, 0.05) is 30.0 Å². The van der Waals surface area contributed by atoms with Crippen molar-refractivity contribution >= 4 is 40.2 Å². The van der Waals surface area contributed by atoms with Crippen LogP contribution in [0.15, 0.2) is 29.4 Å². The van der Waals surface area contributed by atoms with E-state index >= 15 is 0 Å². The van der Waals surface area contributed by atoms with Crippen LogP contribution in [0.1, 0.15) is 6.92 Å². The van der Waals surface area contributed by atoms with Crippen LogP contribution in [0, 0.1) is 0 Å². The molecule has 1 aliphatic rings. The number of hydrogen-bond acceptors (Lipinski definition) is 5. The molecule has 0 unspecified atom stereocenters. The number of hydrogen-bond donors (Lipinski definition) is 0. The highest BCUT2D eigenvalue weighted by molar-refractivity contribution is 7.99. The van der Waals surface area contributed by atoms with Crippen LogP contribution in [0.4, 0.5) is 5.82 Å². The lowest BCUT2D eigenvalue weighted by atomic mass is 10.2. The monoisotopic (exact) mass is 291 g/mol. The summed E-state index contributed by atoms with van der Waals surface area (Å²) in [6.07, 6.45) is 0. The van der Waals surface area contributed by atoms with E-state index in [4.69, 9.17) is 4.98 Å². The van der Waals surface area contributed by atoms with Crippen LogP contribution in [-0.2, 0) is 0 Å². The molecule has 0 bridgehead atoms. The van der Waals surface area contributed by atoms with Gasteiger partial charge >= 0.3 is 0 Å². The van der Waals surface area contributed by atoms with E-state index < -0.39 is 0 Å². The maximum Gasteiger partial charge on any atom is 0.190 e. The highest BCUT2D eigenvalue weighted by Gasteiger charge is 2.16. The van der Waals surface area contributed by atoms with Gasteiger partial charge in [0.1, 0.15) is 5.82 Å². The summed E-state index contributed by atoms with van der Waals surface area (Å²) in [4.78, 5) is 11.8. The summed E-state index contributed by atoms with van der Waals surface area (Å²) in [5.41, 5.74) is 1.06. The van der Waals surface area contributed by atoms with E-state index in [0.29, 0.717) is 0 Å². The van der Waals surface area contributed by atoms with Crippen molar-refractivity contribution in [3.05, 3.63) is 24.3 Å². The first kappa shape index (κ1) is 13.1. The first-order valence-electron chi connectivity index (χ1n) is 6.61. The van der Waals surface area contributed by atoms with Gasteiger partial charge in [0.2, 0.25) is 0 Å². The molecule has 1 aromatic carbocycles. The van der Waals surface area contributed by atoms with Gasteiger partial charge in [0.25, 0.3) is 0 Å². The number of thioether (sulfide) groups is 2. The molecule has 0 spiro atoms. The fraction of sp³-hybridized carbons (Fsp3) is 0.429. The van der Waals surface area contributed by atoms with Gasteiger partial charge in [-0.2, -0.15) is 11.8 Å². The first-order valence-corrected chi connectivity index (χ1v) is 8.75. The molecule has 1 aliphatic heterocycles. The molecular weight excluding hydrogens is 274 g/mol. The highest BCUT2D eigenvalue weighted by Crippen LogP contribution is 2.28. The zero-order valence-corrected chi connectivity index (χ0v) is 12.6. The molecule has 100 valence electrons. The van der Waals surface area contributed by atoms with Crippen molar-refractivity contribution in [1.82, 2.24) is 9.97 Å². The largest absolute Gasteiger partial charge is 0.354 e. The zero-order valence-electron chi connectivity index (χ0n) is 11.0. The maximum absolute atomic E-state index is 4.78. The number of para-hydroxylation sites is 1. The third kappa shape index (κ3) is 2.82. The predicted octanol–water partition coefficient (Wildman–Crippen LogP) is 3.30. The Labute approximate surface area is 122 Å². The maximum atomic E-state index is 4.78. The van der Waals surface area contributed by atoms with Crippen molar-refractivity contribution in [2.45, 2.75) is 12.1 Å². The van der Waals surface area contributed by atoms with Gasteiger partial charge in [-0.15, -0.1) is 0 Å². The molecule has 1 fully saturated rings. The van der Waals surface area contributed by atoms with Gasteiger partial charge in [-0.3, -0.25) is 0 Å². The summed E-state index contributed by atoms with van der Waals surface area (Å²) in [7, 11) is 0. The van der Waals surface area contributed by atoms with Crippen LogP contribution >= 0.6 is 23.5 Å². The summed E-state index contributed by atoms with van der Waals surface area (Å²) < 4.78 is 0. The molecule has 0 radical (unpaired) electrons. The van der Waals surface area contributed by atoms with E-state index in [1.165, 1.54) is 16.9 Å². The molecule has 0 amide bonds. The van der Waals surface area contributed by atoms with E-state index in [1.807, 2.05) is 17.8 Å². The van der Waals surface area contributed by atoms with Crippen LogP contribution in [0.5, 0.6) is 0 Å². The summed E-state index contributed by atoms with van der Waals surface area (Å²) in [6, 6.07) is 8.33. The molecule has 1 saturated heterocycles. The lowest BCUT2D eigenvalue weighted by Crippen LogP contribution is -2.33. The fourth-order valence-corrected chi connectivity index (χ4v) is 3.72. The zero-order chi connectivity index (χ0) is 13.1. The summed E-state index contributed by atoms with van der Waals surface area (Å²) in [6.45, 7) is 4.31. The average molecular weight is 291 g/mol. The van der Waals surface area contributed by atoms with Crippen molar-refractivity contribution in [2.75, 3.05) is 35.2 Å². The predicted molar refractivity (Wildman–Crippen MR) is 85.5 cm³/mol. The lowest BCUT2D eigenvalue weighted by molar-refractivity contribution is 0.825. The number of benzene rings is 1. The first-order chi connectivity index (χ1) is 9.38. The van der Waals surface area contributed by atoms with Crippen molar-refractivity contribution in [3.8, 4) is 0 Å². The molecular formula is C14H17N3S2. The van der Waals surface area contributed by atoms with E-state index in [9.17, 15) is 0 Å². The van der Waals surface area contributed by atoms with E-state index in [-0.39, 0.29) is 0 Å². The second-order valence-electron chi connectivity index (χ2n) is 4.38. The average Bonchev–Trinajstić information content (AvgIpc) is 2.48. The Morgan fingerprint density at radius 2 is 2.00 bits per heavy atom. The topological polar surface area (TPSA) is 29.0 Å². The molecule has 3 rings (SSSR count). The minimum atomic E-state index is 0.898. The number of nitrogens with zero attached hydrogens (tertiary/aromatic N) is 3. The Balaban J connectivity index is 2.08. The lowest BCUT2D eigenvalue weighted by Gasteiger charge is -2.28. The van der Waals surface area contributed by atoms with Gasteiger partial charge in [0.15, 0.2) is 5.16 Å². The molecule has 3 nitrogen and oxygen atoms in total. The Hall–Kier alpha value is -0.940. The van der Waals surface area contributed by atoms with Crippen LogP contribution in [0.3, 0.4) is 0 Å². The molecule has 0 N–H and O–H groups in total. The Morgan fingerprint density at radius 1 is 1.21 bits per heavy atom. The number of aromatic nitrogens is 2. The molecule has 2 aromatic rings. The minimum absolute atomic E-state index is 0.898. The van der Waals surface area contributed by atoms with Crippen LogP contribution in [0.2, 0.25) is 0 Å². The standard InChI is InChI=1S/C14H17N3S2/c1-2-19-14-15-12-6-4-3-5-11(12)13(16-14)17-7-9-18-10-8-17/h3-6H,2,7-10H2,1H3. The van der Waals surface area contributed by atoms with Gasteiger partial charge in [-0.25, -0.2) is 9.97 Å². The van der Waals surface area contributed by atoms with Gasteiger partial charge in [-0.05, 0) is 17.9 Å². The quantitative estimate of drug-likeness (QED) is 0.639. The van der Waals surface area contributed by atoms with E-state index in [1.54, 1.807) is 11.8 Å². The minimum Gasteiger partial charge on any atom is -0.354 e. The van der Waals surface area contributed by atoms with E-state index in [2.05, 4.69) is 35.0 Å². The molecule has 0 saturated carbocycles. The number of fused-ring (bicyclic) bond motifs is 1. The molecule has 0 atom stereocenters. The second-order valence-corrected chi connectivity index (χ2v) is 6.84. The summed E-state index contributed by atoms with van der Waals surface area (Å²) in [5, 5.41) is 2.07. The van der Waals surface area contributed by atoms with Crippen molar-refractivity contribution < 1.29 is 0 Å². The van der Waals surface area contributed by atoms with Crippen molar-refractivity contribution in [1.29, 1.82) is 0 Å². The van der Waals surface area contributed by atoms with Gasteiger partial charge in [0.05, 0.1) is 5.52 Å². The van der Waals surface area contributed by atoms with Crippen LogP contribution in [-0.4, -0.2) is 40.3 Å². The summed E-state index contributed by atoms with van der Waals surface area (Å²) in [5.74, 6) is 4.50. The van der Waals surface area contributed by atoms with Crippen molar-refractivity contribution in [2.24, 2.45) is 0 Å².